The van der Waals surface area contributed by atoms with Crippen LogP contribution in [0.5, 0.6) is 5.75 Å². The van der Waals surface area contributed by atoms with Crippen molar-refractivity contribution in [2.75, 3.05) is 13.7 Å². The fourth-order valence-electron chi connectivity index (χ4n) is 4.10. The normalized spacial score (nSPS) is 19.2. The molecular formula is C23H33N3O7. The van der Waals surface area contributed by atoms with Crippen LogP contribution in [0.15, 0.2) is 24.3 Å². The van der Waals surface area contributed by atoms with Crippen LogP contribution in [-0.2, 0) is 14.3 Å². The summed E-state index contributed by atoms with van der Waals surface area (Å²) < 4.78 is 10.2. The largest absolute Gasteiger partial charge is 0.467 e. The second kappa shape index (κ2) is 10.6. The van der Waals surface area contributed by atoms with E-state index in [1.807, 2.05) is 0 Å². The van der Waals surface area contributed by atoms with Crippen LogP contribution in [0.4, 0.5) is 10.5 Å². The van der Waals surface area contributed by atoms with E-state index in [4.69, 9.17) is 9.47 Å². The molecule has 1 N–H and O–H groups in total. The van der Waals surface area contributed by atoms with E-state index in [0.717, 1.165) is 6.42 Å². The number of rotatable bonds is 7. The van der Waals surface area contributed by atoms with E-state index in [2.05, 4.69) is 19.2 Å². The van der Waals surface area contributed by atoms with Crippen LogP contribution < -0.4 is 10.1 Å². The van der Waals surface area contributed by atoms with Crippen LogP contribution in [-0.4, -0.2) is 53.5 Å². The summed E-state index contributed by atoms with van der Waals surface area (Å²) in [5.74, 6) is -0.416. The number of nitrogens with one attached hydrogen (secondary N) is 1. The lowest BCUT2D eigenvalue weighted by molar-refractivity contribution is -0.384. The molecule has 1 aromatic rings. The lowest BCUT2D eigenvalue weighted by Gasteiger charge is -2.35. The van der Waals surface area contributed by atoms with Gasteiger partial charge in [-0.25, -0.2) is 9.59 Å². The number of nitro groups is 1. The Morgan fingerprint density at radius 2 is 1.82 bits per heavy atom. The number of esters is 1. The number of hydrogen-bond acceptors (Lipinski definition) is 7. The highest BCUT2D eigenvalue weighted by Crippen LogP contribution is 2.33. The summed E-state index contributed by atoms with van der Waals surface area (Å²) in [6, 6.07) is 3.37. The molecule has 0 spiro atoms. The number of ether oxygens (including phenoxy) is 2. The molecule has 2 rings (SSSR count). The van der Waals surface area contributed by atoms with Gasteiger partial charge in [-0.15, -0.1) is 0 Å². The maximum Gasteiger partial charge on any atom is 0.413 e. The molecule has 1 aromatic carbocycles. The molecule has 10 heteroatoms. The van der Waals surface area contributed by atoms with Gasteiger partial charge in [0.2, 0.25) is 5.91 Å². The Balaban J connectivity index is 2.19. The lowest BCUT2D eigenvalue weighted by Crippen LogP contribution is -2.57. The summed E-state index contributed by atoms with van der Waals surface area (Å²) in [6.45, 7) is 9.92. The SMILES string of the molecule is COC(=O)[C@@H]1[C@@H](CC(C)C)CCN1C(=O)[C@@H](NC(=O)Oc1ccc([N+](=O)[O-])cc1)C(C)(C)C. The van der Waals surface area contributed by atoms with E-state index in [1.165, 1.54) is 36.3 Å². The van der Waals surface area contributed by atoms with Gasteiger partial charge in [0, 0.05) is 18.7 Å². The first kappa shape index (κ1) is 26.1. The molecule has 1 heterocycles. The van der Waals surface area contributed by atoms with E-state index in [0.29, 0.717) is 18.9 Å². The Morgan fingerprint density at radius 1 is 1.21 bits per heavy atom. The minimum atomic E-state index is -0.965. The van der Waals surface area contributed by atoms with E-state index in [-0.39, 0.29) is 23.3 Å². The second-order valence-corrected chi connectivity index (χ2v) is 9.76. The van der Waals surface area contributed by atoms with Crippen molar-refractivity contribution in [2.24, 2.45) is 17.3 Å². The summed E-state index contributed by atoms with van der Waals surface area (Å²) in [5, 5.41) is 13.4. The highest BCUT2D eigenvalue weighted by atomic mass is 16.6. The molecule has 1 aliphatic rings. The van der Waals surface area contributed by atoms with Crippen molar-refractivity contribution in [3.05, 3.63) is 34.4 Å². The van der Waals surface area contributed by atoms with Crippen molar-refractivity contribution in [1.29, 1.82) is 0 Å². The Labute approximate surface area is 193 Å². The van der Waals surface area contributed by atoms with E-state index in [1.54, 1.807) is 20.8 Å². The molecule has 3 atom stereocenters. The van der Waals surface area contributed by atoms with Gasteiger partial charge in [0.1, 0.15) is 17.8 Å². The third-order valence-corrected chi connectivity index (χ3v) is 5.66. The van der Waals surface area contributed by atoms with Gasteiger partial charge in [0.15, 0.2) is 0 Å². The van der Waals surface area contributed by atoms with E-state index >= 15 is 0 Å². The maximum absolute atomic E-state index is 13.5. The van der Waals surface area contributed by atoms with Crippen molar-refractivity contribution in [3.8, 4) is 5.75 Å². The maximum atomic E-state index is 13.5. The molecule has 0 aromatic heterocycles. The molecule has 1 aliphatic heterocycles. The van der Waals surface area contributed by atoms with Crippen molar-refractivity contribution in [1.82, 2.24) is 10.2 Å². The summed E-state index contributed by atoms with van der Waals surface area (Å²) in [4.78, 5) is 50.4. The van der Waals surface area contributed by atoms with Gasteiger partial charge in [0.05, 0.1) is 12.0 Å². The Morgan fingerprint density at radius 3 is 2.30 bits per heavy atom. The molecule has 0 bridgehead atoms. The number of amides is 2. The number of nitrogens with zero attached hydrogens (tertiary/aromatic N) is 2. The molecule has 0 aliphatic carbocycles. The van der Waals surface area contributed by atoms with Crippen LogP contribution in [0.25, 0.3) is 0 Å². The number of carbonyl (C=O) groups excluding carboxylic acids is 3. The van der Waals surface area contributed by atoms with Crippen molar-refractivity contribution >= 4 is 23.7 Å². The highest BCUT2D eigenvalue weighted by Gasteiger charge is 2.46. The van der Waals surface area contributed by atoms with Gasteiger partial charge >= 0.3 is 12.1 Å². The quantitative estimate of drug-likeness (QED) is 0.372. The Hall–Kier alpha value is -3.17. The predicted octanol–water partition coefficient (Wildman–Crippen LogP) is 3.53. The summed E-state index contributed by atoms with van der Waals surface area (Å²) >= 11 is 0. The molecule has 0 radical (unpaired) electrons. The van der Waals surface area contributed by atoms with Crippen molar-refractivity contribution in [2.45, 2.75) is 59.5 Å². The van der Waals surface area contributed by atoms with Gasteiger partial charge in [-0.1, -0.05) is 34.6 Å². The number of non-ortho nitro benzene ring substituents is 1. The average Bonchev–Trinajstić information content (AvgIpc) is 3.13. The van der Waals surface area contributed by atoms with Gasteiger partial charge in [-0.3, -0.25) is 14.9 Å². The van der Waals surface area contributed by atoms with Gasteiger partial charge in [-0.05, 0) is 42.2 Å². The van der Waals surface area contributed by atoms with Gasteiger partial charge in [-0.2, -0.15) is 0 Å². The fraction of sp³-hybridized carbons (Fsp3) is 0.609. The minimum absolute atomic E-state index is 0.0194. The first-order chi connectivity index (χ1) is 15.3. The Bertz CT molecular complexity index is 877. The molecule has 33 heavy (non-hydrogen) atoms. The molecule has 10 nitrogen and oxygen atoms in total. The molecule has 182 valence electrons. The van der Waals surface area contributed by atoms with E-state index < -0.39 is 34.5 Å². The number of nitro benzene ring substituents is 1. The number of benzene rings is 1. The van der Waals surface area contributed by atoms with Crippen molar-refractivity contribution in [3.63, 3.8) is 0 Å². The standard InChI is InChI=1S/C23H33N3O7/c1-14(2)13-15-11-12-25(18(15)21(28)32-6)20(27)19(23(3,4)5)24-22(29)33-17-9-7-16(8-10-17)26(30)31/h7-10,14-15,18-19H,11-13H2,1-6H3,(H,24,29)/t15-,18+,19-/m1/s1. The minimum Gasteiger partial charge on any atom is -0.467 e. The monoisotopic (exact) mass is 463 g/mol. The third-order valence-electron chi connectivity index (χ3n) is 5.66. The zero-order chi connectivity index (χ0) is 24.9. The molecule has 2 amide bonds. The lowest BCUT2D eigenvalue weighted by atomic mass is 9.85. The van der Waals surface area contributed by atoms with Crippen LogP contribution in [0, 0.1) is 27.4 Å². The number of hydrogen-bond donors (Lipinski definition) is 1. The Kier molecular flexibility index (Phi) is 8.40. The zero-order valence-electron chi connectivity index (χ0n) is 20.0. The number of carbonyl (C=O) groups is 3. The average molecular weight is 464 g/mol. The highest BCUT2D eigenvalue weighted by molar-refractivity contribution is 5.91. The molecule has 0 saturated carbocycles. The van der Waals surface area contributed by atoms with E-state index in [9.17, 15) is 24.5 Å². The fourth-order valence-corrected chi connectivity index (χ4v) is 4.10. The first-order valence-electron chi connectivity index (χ1n) is 11.0. The zero-order valence-corrected chi connectivity index (χ0v) is 20.0. The third kappa shape index (κ3) is 6.66. The van der Waals surface area contributed by atoms with Crippen molar-refractivity contribution < 1.29 is 28.8 Å². The molecule has 1 saturated heterocycles. The van der Waals surface area contributed by atoms with Gasteiger partial charge < -0.3 is 19.7 Å². The van der Waals surface area contributed by atoms with Crippen LogP contribution in [0.3, 0.4) is 0 Å². The molecule has 1 fully saturated rings. The number of likely N-dealkylation sites (tertiary alicyclic amines) is 1. The van der Waals surface area contributed by atoms with Crippen LogP contribution >= 0.6 is 0 Å². The summed E-state index contributed by atoms with van der Waals surface area (Å²) in [7, 11) is 1.30. The van der Waals surface area contributed by atoms with Gasteiger partial charge in [0.25, 0.3) is 5.69 Å². The second-order valence-electron chi connectivity index (χ2n) is 9.76. The molecular weight excluding hydrogens is 430 g/mol. The van der Waals surface area contributed by atoms with Crippen LogP contribution in [0.1, 0.15) is 47.5 Å². The smallest absolute Gasteiger partial charge is 0.413 e. The molecule has 0 unspecified atom stereocenters. The first-order valence-corrected chi connectivity index (χ1v) is 11.0. The number of methoxy groups -OCH3 is 1. The van der Waals surface area contributed by atoms with Crippen LogP contribution in [0.2, 0.25) is 0 Å². The topological polar surface area (TPSA) is 128 Å². The summed E-state index contributed by atoms with van der Waals surface area (Å²) in [6.07, 6.45) is 0.581. The predicted molar refractivity (Wildman–Crippen MR) is 121 cm³/mol. The summed E-state index contributed by atoms with van der Waals surface area (Å²) in [5.41, 5.74) is -0.813.